The second kappa shape index (κ2) is 9.92. The summed E-state index contributed by atoms with van der Waals surface area (Å²) in [4.78, 5) is 25.2. The van der Waals surface area contributed by atoms with E-state index in [1.54, 1.807) is 0 Å². The number of hydrogen-bond donors (Lipinski definition) is 0. The molecule has 4 heteroatoms. The van der Waals surface area contributed by atoms with Crippen molar-refractivity contribution >= 4 is 11.9 Å². The molecule has 18 heavy (non-hydrogen) atoms. The van der Waals surface area contributed by atoms with Crippen molar-refractivity contribution in [1.29, 1.82) is 0 Å². The first-order valence-corrected chi connectivity index (χ1v) is 7.02. The van der Waals surface area contributed by atoms with Crippen molar-refractivity contribution in [3.8, 4) is 0 Å². The molecule has 0 unspecified atom stereocenters. The number of esters is 1. The quantitative estimate of drug-likeness (QED) is 0.597. The average molecular weight is 257 g/mol. The minimum atomic E-state index is -0.273. The van der Waals surface area contributed by atoms with Crippen LogP contribution in [-0.4, -0.2) is 36.0 Å². The van der Waals surface area contributed by atoms with E-state index in [0.29, 0.717) is 0 Å². The predicted octanol–water partition coefficient (Wildman–Crippen LogP) is 2.76. The summed E-state index contributed by atoms with van der Waals surface area (Å²) in [5.41, 5.74) is 0. The van der Waals surface area contributed by atoms with Gasteiger partial charge in [0.2, 0.25) is 5.91 Å². The molecule has 0 N–H and O–H groups in total. The van der Waals surface area contributed by atoms with Crippen LogP contribution >= 0.6 is 0 Å². The van der Waals surface area contributed by atoms with Crippen LogP contribution in [0.2, 0.25) is 0 Å². The third kappa shape index (κ3) is 7.30. The van der Waals surface area contributed by atoms with Gasteiger partial charge < -0.3 is 9.64 Å². The highest BCUT2D eigenvalue weighted by molar-refractivity contribution is 5.81. The van der Waals surface area contributed by atoms with Gasteiger partial charge >= 0.3 is 5.97 Å². The first kappa shape index (κ1) is 16.9. The molecule has 1 atom stereocenters. The zero-order valence-corrected chi connectivity index (χ0v) is 12.2. The fourth-order valence-electron chi connectivity index (χ4n) is 1.63. The van der Waals surface area contributed by atoms with Crippen molar-refractivity contribution in [2.45, 2.75) is 65.9 Å². The first-order valence-electron chi connectivity index (χ1n) is 7.02. The Morgan fingerprint density at radius 2 is 1.61 bits per heavy atom. The van der Waals surface area contributed by atoms with Crippen LogP contribution in [0.4, 0.5) is 0 Å². The lowest BCUT2D eigenvalue weighted by Gasteiger charge is -2.21. The zero-order chi connectivity index (χ0) is 14.0. The van der Waals surface area contributed by atoms with Crippen LogP contribution in [0.25, 0.3) is 0 Å². The third-order valence-corrected chi connectivity index (χ3v) is 2.79. The summed E-state index contributed by atoms with van der Waals surface area (Å²) in [6.07, 6.45) is 3.08. The molecule has 0 aliphatic rings. The van der Waals surface area contributed by atoms with Crippen LogP contribution in [0.5, 0.6) is 0 Å². The monoisotopic (exact) mass is 257 g/mol. The van der Waals surface area contributed by atoms with Crippen molar-refractivity contribution in [2.75, 3.05) is 13.1 Å². The molecular weight excluding hydrogens is 230 g/mol. The topological polar surface area (TPSA) is 46.6 Å². The van der Waals surface area contributed by atoms with Gasteiger partial charge in [0, 0.05) is 19.5 Å². The van der Waals surface area contributed by atoms with Crippen molar-refractivity contribution < 1.29 is 14.3 Å². The van der Waals surface area contributed by atoms with Gasteiger partial charge in [0.25, 0.3) is 0 Å². The smallest absolute Gasteiger partial charge is 0.306 e. The van der Waals surface area contributed by atoms with Crippen molar-refractivity contribution in [2.24, 2.45) is 0 Å². The Bertz CT molecular complexity index is 247. The SMILES string of the molecule is CCCN(CCC)C(=O)CCC(=O)O[C@@H](C)CC. The molecule has 0 heterocycles. The Morgan fingerprint density at radius 1 is 1.06 bits per heavy atom. The number of ether oxygens (including phenoxy) is 1. The van der Waals surface area contributed by atoms with Crippen molar-refractivity contribution in [3.05, 3.63) is 0 Å². The Labute approximate surface area is 111 Å². The number of rotatable bonds is 9. The summed E-state index contributed by atoms with van der Waals surface area (Å²) in [7, 11) is 0. The largest absolute Gasteiger partial charge is 0.463 e. The predicted molar refractivity (Wildman–Crippen MR) is 72.2 cm³/mol. The first-order chi connectivity index (χ1) is 8.54. The highest BCUT2D eigenvalue weighted by atomic mass is 16.5. The number of carbonyl (C=O) groups excluding carboxylic acids is 2. The van der Waals surface area contributed by atoms with E-state index in [2.05, 4.69) is 0 Å². The maximum absolute atomic E-state index is 11.9. The van der Waals surface area contributed by atoms with Gasteiger partial charge in [0.15, 0.2) is 0 Å². The minimum absolute atomic E-state index is 0.0554. The molecule has 0 aromatic rings. The molecule has 0 aliphatic carbocycles. The Kier molecular flexibility index (Phi) is 9.33. The Balaban J connectivity index is 4.02. The third-order valence-electron chi connectivity index (χ3n) is 2.79. The molecule has 0 saturated heterocycles. The Morgan fingerprint density at radius 3 is 2.06 bits per heavy atom. The van der Waals surface area contributed by atoms with Crippen LogP contribution in [-0.2, 0) is 14.3 Å². The summed E-state index contributed by atoms with van der Waals surface area (Å²) < 4.78 is 5.14. The van der Waals surface area contributed by atoms with Crippen LogP contribution in [0.1, 0.15) is 59.8 Å². The standard InChI is InChI=1S/C14H27NO3/c1-5-10-15(11-6-2)13(16)8-9-14(17)18-12(4)7-3/h12H,5-11H2,1-4H3/t12-/m0/s1. The van der Waals surface area contributed by atoms with Gasteiger partial charge in [-0.1, -0.05) is 20.8 Å². The highest BCUT2D eigenvalue weighted by Gasteiger charge is 2.15. The lowest BCUT2D eigenvalue weighted by molar-refractivity contribution is -0.150. The van der Waals surface area contributed by atoms with E-state index in [-0.39, 0.29) is 30.8 Å². The van der Waals surface area contributed by atoms with Gasteiger partial charge in [-0.2, -0.15) is 0 Å². The van der Waals surface area contributed by atoms with Crippen LogP contribution < -0.4 is 0 Å². The van der Waals surface area contributed by atoms with Gasteiger partial charge in [-0.15, -0.1) is 0 Å². The molecule has 0 fully saturated rings. The van der Waals surface area contributed by atoms with E-state index < -0.39 is 0 Å². The molecule has 0 aromatic heterocycles. The van der Waals surface area contributed by atoms with E-state index in [9.17, 15) is 9.59 Å². The van der Waals surface area contributed by atoms with Gasteiger partial charge in [-0.05, 0) is 26.2 Å². The van der Waals surface area contributed by atoms with Gasteiger partial charge in [-0.3, -0.25) is 9.59 Å². The van der Waals surface area contributed by atoms with E-state index in [1.807, 2.05) is 32.6 Å². The fourth-order valence-corrected chi connectivity index (χ4v) is 1.63. The number of amides is 1. The molecule has 0 radical (unpaired) electrons. The second-order valence-corrected chi connectivity index (χ2v) is 4.59. The molecule has 106 valence electrons. The van der Waals surface area contributed by atoms with Gasteiger partial charge in [-0.25, -0.2) is 0 Å². The lowest BCUT2D eigenvalue weighted by Crippen LogP contribution is -2.32. The van der Waals surface area contributed by atoms with Crippen molar-refractivity contribution in [3.63, 3.8) is 0 Å². The number of carbonyl (C=O) groups is 2. The average Bonchev–Trinajstić information content (AvgIpc) is 2.35. The lowest BCUT2D eigenvalue weighted by atomic mass is 10.2. The maximum atomic E-state index is 11.9. The van der Waals surface area contributed by atoms with Gasteiger partial charge in [0.05, 0.1) is 12.5 Å². The summed E-state index contributed by atoms with van der Waals surface area (Å²) in [5.74, 6) is -0.217. The summed E-state index contributed by atoms with van der Waals surface area (Å²) in [6, 6.07) is 0. The summed E-state index contributed by atoms with van der Waals surface area (Å²) >= 11 is 0. The molecule has 4 nitrogen and oxygen atoms in total. The van der Waals surface area contributed by atoms with Gasteiger partial charge in [0.1, 0.15) is 0 Å². The molecule has 0 aromatic carbocycles. The van der Waals surface area contributed by atoms with E-state index in [4.69, 9.17) is 4.74 Å². The Hall–Kier alpha value is -1.06. The number of nitrogens with zero attached hydrogens (tertiary/aromatic N) is 1. The fraction of sp³-hybridized carbons (Fsp3) is 0.857. The van der Waals surface area contributed by atoms with E-state index >= 15 is 0 Å². The van der Waals surface area contributed by atoms with E-state index in [0.717, 1.165) is 32.4 Å². The molecular formula is C14H27NO3. The second-order valence-electron chi connectivity index (χ2n) is 4.59. The summed E-state index contributed by atoms with van der Waals surface area (Å²) in [6.45, 7) is 9.47. The molecule has 0 bridgehead atoms. The van der Waals surface area contributed by atoms with Crippen LogP contribution in [0.15, 0.2) is 0 Å². The number of hydrogen-bond acceptors (Lipinski definition) is 3. The van der Waals surface area contributed by atoms with Crippen LogP contribution in [0, 0.1) is 0 Å². The molecule has 0 saturated carbocycles. The molecule has 0 rings (SSSR count). The molecule has 1 amide bonds. The minimum Gasteiger partial charge on any atom is -0.463 e. The molecule has 0 aliphatic heterocycles. The van der Waals surface area contributed by atoms with Crippen molar-refractivity contribution in [1.82, 2.24) is 4.90 Å². The highest BCUT2D eigenvalue weighted by Crippen LogP contribution is 2.04. The van der Waals surface area contributed by atoms with Crippen LogP contribution in [0.3, 0.4) is 0 Å². The maximum Gasteiger partial charge on any atom is 0.306 e. The normalized spacial score (nSPS) is 12.0. The zero-order valence-electron chi connectivity index (χ0n) is 12.2. The summed E-state index contributed by atoms with van der Waals surface area (Å²) in [5, 5.41) is 0. The molecule has 0 spiro atoms. The van der Waals surface area contributed by atoms with E-state index in [1.165, 1.54) is 0 Å².